The Morgan fingerprint density at radius 1 is 1.15 bits per heavy atom. The molecule has 0 saturated heterocycles. The van der Waals surface area contributed by atoms with Gasteiger partial charge in [-0.1, -0.05) is 23.7 Å². The van der Waals surface area contributed by atoms with Gasteiger partial charge < -0.3 is 19.3 Å². The fourth-order valence-electron chi connectivity index (χ4n) is 2.68. The molecule has 0 radical (unpaired) electrons. The third kappa shape index (κ3) is 4.92. The highest BCUT2D eigenvalue weighted by molar-refractivity contribution is 6.31. The average molecular weight is 393 g/mol. The molecule has 0 aromatic heterocycles. The molecular formula is C20H21ClO6. The molecule has 2 aromatic carbocycles. The van der Waals surface area contributed by atoms with E-state index in [-0.39, 0.29) is 24.3 Å². The van der Waals surface area contributed by atoms with Crippen molar-refractivity contribution in [1.29, 1.82) is 0 Å². The second-order valence-electron chi connectivity index (χ2n) is 5.73. The zero-order valence-electron chi connectivity index (χ0n) is 15.3. The van der Waals surface area contributed by atoms with Crippen molar-refractivity contribution in [2.24, 2.45) is 0 Å². The lowest BCUT2D eigenvalue weighted by Gasteiger charge is -2.18. The SMILES string of the molecule is CCOC(=O)c1ccc(CC(C(=O)OC)c2ccc(OC)cc2Cl)c(O)c1. The summed E-state index contributed by atoms with van der Waals surface area (Å²) in [5, 5.41) is 10.7. The zero-order chi connectivity index (χ0) is 20.0. The number of phenolic OH excluding ortho intramolecular Hbond substituents is 1. The Morgan fingerprint density at radius 3 is 2.44 bits per heavy atom. The molecule has 1 unspecified atom stereocenters. The molecule has 0 fully saturated rings. The number of methoxy groups -OCH3 is 2. The summed E-state index contributed by atoms with van der Waals surface area (Å²) >= 11 is 6.30. The summed E-state index contributed by atoms with van der Waals surface area (Å²) in [5.41, 5.74) is 1.26. The molecule has 0 heterocycles. The van der Waals surface area contributed by atoms with Crippen molar-refractivity contribution in [1.82, 2.24) is 0 Å². The van der Waals surface area contributed by atoms with Gasteiger partial charge in [-0.05, 0) is 48.7 Å². The molecule has 7 heteroatoms. The molecule has 0 aliphatic rings. The smallest absolute Gasteiger partial charge is 0.338 e. The van der Waals surface area contributed by atoms with Crippen molar-refractivity contribution in [3.63, 3.8) is 0 Å². The third-order valence-electron chi connectivity index (χ3n) is 4.09. The van der Waals surface area contributed by atoms with Crippen LogP contribution in [-0.4, -0.2) is 37.9 Å². The first kappa shape index (κ1) is 20.6. The van der Waals surface area contributed by atoms with Crippen LogP contribution in [0.3, 0.4) is 0 Å². The molecule has 27 heavy (non-hydrogen) atoms. The minimum Gasteiger partial charge on any atom is -0.508 e. The molecule has 1 N–H and O–H groups in total. The van der Waals surface area contributed by atoms with Crippen molar-refractivity contribution in [2.75, 3.05) is 20.8 Å². The van der Waals surface area contributed by atoms with Crippen LogP contribution in [-0.2, 0) is 20.7 Å². The largest absolute Gasteiger partial charge is 0.508 e. The second kappa shape index (κ2) is 9.28. The summed E-state index contributed by atoms with van der Waals surface area (Å²) in [4.78, 5) is 24.1. The van der Waals surface area contributed by atoms with E-state index in [0.717, 1.165) is 0 Å². The van der Waals surface area contributed by atoms with E-state index in [2.05, 4.69) is 0 Å². The van der Waals surface area contributed by atoms with Gasteiger partial charge in [0.25, 0.3) is 0 Å². The molecule has 2 aromatic rings. The first-order chi connectivity index (χ1) is 12.9. The number of aromatic hydroxyl groups is 1. The number of hydrogen-bond acceptors (Lipinski definition) is 6. The molecule has 0 saturated carbocycles. The van der Waals surface area contributed by atoms with Crippen molar-refractivity contribution in [2.45, 2.75) is 19.3 Å². The lowest BCUT2D eigenvalue weighted by molar-refractivity contribution is -0.142. The molecule has 0 spiro atoms. The first-order valence-electron chi connectivity index (χ1n) is 8.31. The van der Waals surface area contributed by atoms with Gasteiger partial charge >= 0.3 is 11.9 Å². The van der Waals surface area contributed by atoms with Crippen LogP contribution in [0.5, 0.6) is 11.5 Å². The summed E-state index contributed by atoms with van der Waals surface area (Å²) in [7, 11) is 2.81. The molecule has 144 valence electrons. The van der Waals surface area contributed by atoms with Gasteiger partial charge in [0.1, 0.15) is 11.5 Å². The van der Waals surface area contributed by atoms with E-state index in [1.54, 1.807) is 31.2 Å². The van der Waals surface area contributed by atoms with E-state index < -0.39 is 17.9 Å². The number of carbonyl (C=O) groups is 2. The molecule has 0 aliphatic carbocycles. The Hall–Kier alpha value is -2.73. The average Bonchev–Trinajstić information content (AvgIpc) is 2.66. The summed E-state index contributed by atoms with van der Waals surface area (Å²) in [6.45, 7) is 1.94. The predicted octanol–water partition coefficient (Wildman–Crippen LogP) is 3.73. The lowest BCUT2D eigenvalue weighted by Crippen LogP contribution is -2.17. The number of rotatable bonds is 7. The predicted molar refractivity (Wildman–Crippen MR) is 101 cm³/mol. The van der Waals surface area contributed by atoms with E-state index in [1.807, 2.05) is 0 Å². The van der Waals surface area contributed by atoms with Crippen LogP contribution in [0.4, 0.5) is 0 Å². The van der Waals surface area contributed by atoms with Crippen molar-refractivity contribution in [3.8, 4) is 11.5 Å². The van der Waals surface area contributed by atoms with Crippen LogP contribution in [0.1, 0.15) is 34.3 Å². The van der Waals surface area contributed by atoms with Gasteiger partial charge in [-0.25, -0.2) is 4.79 Å². The van der Waals surface area contributed by atoms with Gasteiger partial charge in [0, 0.05) is 5.02 Å². The number of phenols is 1. The second-order valence-corrected chi connectivity index (χ2v) is 6.14. The Kier molecular flexibility index (Phi) is 7.07. The molecule has 0 bridgehead atoms. The minimum atomic E-state index is -0.729. The normalized spacial score (nSPS) is 11.6. The maximum absolute atomic E-state index is 12.3. The van der Waals surface area contributed by atoms with Crippen molar-refractivity contribution >= 4 is 23.5 Å². The number of halogens is 1. The van der Waals surface area contributed by atoms with Crippen LogP contribution >= 0.6 is 11.6 Å². The Bertz CT molecular complexity index is 833. The van der Waals surface area contributed by atoms with Crippen molar-refractivity contribution in [3.05, 3.63) is 58.1 Å². The molecule has 0 amide bonds. The van der Waals surface area contributed by atoms with Crippen LogP contribution in [0, 0.1) is 0 Å². The van der Waals surface area contributed by atoms with E-state index in [9.17, 15) is 14.7 Å². The van der Waals surface area contributed by atoms with Crippen LogP contribution in [0.2, 0.25) is 5.02 Å². The summed E-state index contributed by atoms with van der Waals surface area (Å²) in [5.74, 6) is -1.29. The van der Waals surface area contributed by atoms with E-state index in [0.29, 0.717) is 21.9 Å². The molecule has 2 rings (SSSR count). The van der Waals surface area contributed by atoms with Crippen molar-refractivity contribution < 1.29 is 28.9 Å². The van der Waals surface area contributed by atoms with E-state index in [1.165, 1.54) is 26.4 Å². The summed E-state index contributed by atoms with van der Waals surface area (Å²) in [6, 6.07) is 9.42. The van der Waals surface area contributed by atoms with Gasteiger partial charge in [-0.15, -0.1) is 0 Å². The Morgan fingerprint density at radius 2 is 1.89 bits per heavy atom. The number of carbonyl (C=O) groups excluding carboxylic acids is 2. The Balaban J connectivity index is 2.34. The molecule has 1 atom stereocenters. The van der Waals surface area contributed by atoms with Gasteiger partial charge in [0.05, 0.1) is 32.3 Å². The standard InChI is InChI=1S/C20H21ClO6/c1-4-27-19(23)13-6-5-12(18(22)10-13)9-16(20(24)26-3)15-8-7-14(25-2)11-17(15)21/h5-8,10-11,16,22H,4,9H2,1-3H3. The number of benzene rings is 2. The van der Waals surface area contributed by atoms with E-state index >= 15 is 0 Å². The highest BCUT2D eigenvalue weighted by atomic mass is 35.5. The number of hydrogen-bond donors (Lipinski definition) is 1. The maximum Gasteiger partial charge on any atom is 0.338 e. The van der Waals surface area contributed by atoms with Gasteiger partial charge in [0.15, 0.2) is 0 Å². The third-order valence-corrected chi connectivity index (χ3v) is 4.42. The maximum atomic E-state index is 12.3. The van der Waals surface area contributed by atoms with E-state index in [4.69, 9.17) is 25.8 Å². The van der Waals surface area contributed by atoms with Gasteiger partial charge in [-0.2, -0.15) is 0 Å². The number of esters is 2. The summed E-state index contributed by atoms with van der Waals surface area (Å²) in [6.07, 6.45) is 0.146. The minimum absolute atomic E-state index is 0.112. The topological polar surface area (TPSA) is 82.1 Å². The lowest BCUT2D eigenvalue weighted by atomic mass is 9.91. The monoisotopic (exact) mass is 392 g/mol. The van der Waals surface area contributed by atoms with Gasteiger partial charge in [0.2, 0.25) is 0 Å². The highest BCUT2D eigenvalue weighted by Crippen LogP contribution is 2.33. The first-order valence-corrected chi connectivity index (χ1v) is 8.69. The number of ether oxygens (including phenoxy) is 3. The fourth-order valence-corrected chi connectivity index (χ4v) is 2.98. The van der Waals surface area contributed by atoms with Gasteiger partial charge in [-0.3, -0.25) is 4.79 Å². The fraction of sp³-hybridized carbons (Fsp3) is 0.300. The van der Waals surface area contributed by atoms with Crippen LogP contribution < -0.4 is 4.74 Å². The zero-order valence-corrected chi connectivity index (χ0v) is 16.1. The van der Waals surface area contributed by atoms with Crippen LogP contribution in [0.25, 0.3) is 0 Å². The summed E-state index contributed by atoms with van der Waals surface area (Å²) < 4.78 is 14.9. The molecular weight excluding hydrogens is 372 g/mol. The van der Waals surface area contributed by atoms with Crippen LogP contribution in [0.15, 0.2) is 36.4 Å². The Labute approximate surface area is 162 Å². The highest BCUT2D eigenvalue weighted by Gasteiger charge is 2.26. The molecule has 6 nitrogen and oxygen atoms in total. The molecule has 0 aliphatic heterocycles. The quantitative estimate of drug-likeness (QED) is 0.723.